The van der Waals surface area contributed by atoms with Crippen LogP contribution in [-0.2, 0) is 34.9 Å². The van der Waals surface area contributed by atoms with E-state index in [0.29, 0.717) is 33.9 Å². The molecule has 0 spiro atoms. The fourth-order valence-electron chi connectivity index (χ4n) is 6.10. The summed E-state index contributed by atoms with van der Waals surface area (Å²) in [4.78, 5) is 67.7. The van der Waals surface area contributed by atoms with Crippen LogP contribution >= 0.6 is 73.4 Å². The van der Waals surface area contributed by atoms with Crippen LogP contribution in [0.1, 0.15) is 92.2 Å². The number of rotatable bonds is 15. The first-order chi connectivity index (χ1) is 28.6. The maximum Gasteiger partial charge on any atom is 1.00 e. The fraction of sp³-hybridized carbons (Fsp3) is 0.585. The molecule has 374 valence electrons. The van der Waals surface area contributed by atoms with E-state index >= 15 is 0 Å². The number of carbonyl (C=O) groups is 5. The van der Waals surface area contributed by atoms with E-state index in [1.165, 1.54) is 26.6 Å². The summed E-state index contributed by atoms with van der Waals surface area (Å²) < 4.78 is 45.5. The van der Waals surface area contributed by atoms with Crippen molar-refractivity contribution in [2.24, 2.45) is 0 Å². The number of aliphatic hydroxyl groups excluding tert-OH is 2. The maximum absolute atomic E-state index is 13.0. The van der Waals surface area contributed by atoms with Crippen molar-refractivity contribution >= 4 is 104 Å². The standard InChI is InChI=1S/C21H32Cl2N2O5.C20H28Cl2N2O4.IO4.Na.2H2S/c1-7-18(28)24(5)13-21(11-15(27)12-26,14-8-9-16(22)17(23)10-14)25(6)19(29)30-20(2,3)4;1-7-17(26)23(5)13-20(10-11-25,14-8-9-15(21)16(22)12-14)24(6)18(27)28-19(2,3)4;2-1(3,4)5;;;/h8-10,15,26-27H,7,11-13H2,1-6H3;8-9,11-12H,7,10,13H2,1-6H3;;;2*1H2/q;;-1;+1;;/t15?,21-;20-;;;;/m11..../s1. The molecule has 2 N–H and O–H groups in total. The zero-order valence-corrected chi connectivity index (χ0v) is 48.8. The van der Waals surface area contributed by atoms with Gasteiger partial charge in [-0.05, 0) is 76.9 Å². The van der Waals surface area contributed by atoms with E-state index < -0.39 is 67.3 Å². The molecule has 0 saturated carbocycles. The second-order valence-corrected chi connectivity index (χ2v) is 20.2. The summed E-state index contributed by atoms with van der Waals surface area (Å²) in [6, 6.07) is 9.77. The average molecular weight is 1180 g/mol. The molecule has 0 aliphatic heterocycles. The van der Waals surface area contributed by atoms with Crippen LogP contribution in [0.5, 0.6) is 0 Å². The van der Waals surface area contributed by atoms with Gasteiger partial charge >= 0.3 is 41.7 Å². The molecule has 66 heavy (non-hydrogen) atoms. The van der Waals surface area contributed by atoms with Gasteiger partial charge in [0.15, 0.2) is 0 Å². The van der Waals surface area contributed by atoms with Crippen molar-refractivity contribution in [3.05, 3.63) is 67.6 Å². The molecule has 2 aromatic carbocycles. The van der Waals surface area contributed by atoms with Gasteiger partial charge in [0.2, 0.25) is 11.8 Å². The first-order valence-corrected chi connectivity index (χ1v) is 24.4. The van der Waals surface area contributed by atoms with Crippen LogP contribution in [0.4, 0.5) is 9.59 Å². The predicted molar refractivity (Wildman–Crippen MR) is 249 cm³/mol. The van der Waals surface area contributed by atoms with Crippen molar-refractivity contribution < 1.29 is 107 Å². The zero-order chi connectivity index (χ0) is 49.5. The molecule has 0 radical (unpaired) electrons. The van der Waals surface area contributed by atoms with E-state index in [2.05, 4.69) is 0 Å². The molecule has 2 aromatic rings. The molecule has 2 rings (SSSR count). The van der Waals surface area contributed by atoms with Gasteiger partial charge in [0.25, 0.3) is 0 Å². The Morgan fingerprint density at radius 3 is 1.29 bits per heavy atom. The summed E-state index contributed by atoms with van der Waals surface area (Å²) in [5.41, 5.74) is -2.75. The van der Waals surface area contributed by atoms with Crippen molar-refractivity contribution in [3.63, 3.8) is 0 Å². The van der Waals surface area contributed by atoms with Crippen LogP contribution in [0.2, 0.25) is 20.1 Å². The molecule has 25 heteroatoms. The molecular weight excluding hydrogens is 1110 g/mol. The molecule has 0 aliphatic rings. The van der Waals surface area contributed by atoms with E-state index in [1.807, 2.05) is 0 Å². The number of likely N-dealkylation sites (N-methyl/N-ethyl adjacent to an activating group) is 4. The molecule has 1 unspecified atom stereocenters. The first kappa shape index (κ1) is 71.5. The second-order valence-electron chi connectivity index (χ2n) is 16.4. The molecule has 0 heterocycles. The number of hydrogen-bond donors (Lipinski definition) is 2. The average Bonchev–Trinajstić information content (AvgIpc) is 3.16. The number of carbonyl (C=O) groups excluding carboxylic acids is 5. The van der Waals surface area contributed by atoms with Gasteiger partial charge in [-0.3, -0.25) is 33.1 Å². The monoisotopic (exact) mass is 1170 g/mol. The zero-order valence-electron chi connectivity index (χ0n) is 39.6. The number of nitrogens with zero attached hydrogens (tertiary/aromatic N) is 4. The van der Waals surface area contributed by atoms with Gasteiger partial charge in [-0.15, -0.1) is 0 Å². The Morgan fingerprint density at radius 1 is 0.682 bits per heavy atom. The van der Waals surface area contributed by atoms with Gasteiger partial charge in [-0.2, -0.15) is 27.0 Å². The predicted octanol–water partition coefficient (Wildman–Crippen LogP) is -2.34. The first-order valence-electron chi connectivity index (χ1n) is 19.3. The third-order valence-corrected chi connectivity index (χ3v) is 10.7. The van der Waals surface area contributed by atoms with Crippen LogP contribution < -0.4 is 63.4 Å². The van der Waals surface area contributed by atoms with Crippen LogP contribution in [-0.4, -0.2) is 125 Å². The van der Waals surface area contributed by atoms with Gasteiger partial charge in [0, 0.05) is 67.0 Å². The van der Waals surface area contributed by atoms with Crippen molar-refractivity contribution in [2.45, 2.75) is 109 Å². The van der Waals surface area contributed by atoms with Crippen molar-refractivity contribution in [1.29, 1.82) is 0 Å². The molecule has 3 atom stereocenters. The van der Waals surface area contributed by atoms with Crippen LogP contribution in [0.3, 0.4) is 0 Å². The van der Waals surface area contributed by atoms with Gasteiger partial charge in [-0.1, -0.05) is 72.4 Å². The third-order valence-electron chi connectivity index (χ3n) is 9.19. The van der Waals surface area contributed by atoms with Gasteiger partial charge in [0.05, 0.1) is 43.9 Å². The molecule has 17 nitrogen and oxygen atoms in total. The Morgan fingerprint density at radius 2 is 1.00 bits per heavy atom. The Labute approximate surface area is 451 Å². The summed E-state index contributed by atoms with van der Waals surface area (Å²) in [5.74, 6) is -0.261. The van der Waals surface area contributed by atoms with Crippen LogP contribution in [0.15, 0.2) is 36.4 Å². The minimum Gasteiger partial charge on any atom is -0.444 e. The summed E-state index contributed by atoms with van der Waals surface area (Å²) in [7, 11) is 6.33. The van der Waals surface area contributed by atoms with E-state index in [-0.39, 0.29) is 111 Å². The van der Waals surface area contributed by atoms with E-state index in [1.54, 1.807) is 113 Å². The summed E-state index contributed by atoms with van der Waals surface area (Å²) in [6.07, 6.45) is -1.24. The topological polar surface area (TPSA) is 249 Å². The number of aldehydes is 1. The fourth-order valence-corrected chi connectivity index (χ4v) is 6.69. The normalized spacial score (nSPS) is 13.2. The van der Waals surface area contributed by atoms with E-state index in [9.17, 15) is 34.2 Å². The molecule has 4 amide bonds. The SMILES string of the molecule is CCC(=O)N(C)C[C@](CC(O)CO)(c1ccc(Cl)c(Cl)c1)N(C)C(=O)OC(C)(C)C.CCC(=O)N(C)C[C@](CC=O)(c1ccc(Cl)c(Cl)c1)N(C)C(=O)OC(C)(C)C.S.S.[Na+].[O-][I+3]([O-])([O-])[O-]. The summed E-state index contributed by atoms with van der Waals surface area (Å²) >= 11 is 18.6. The van der Waals surface area contributed by atoms with Crippen LogP contribution in [0, 0.1) is 0 Å². The van der Waals surface area contributed by atoms with Gasteiger partial charge in [0.1, 0.15) is 37.6 Å². The number of amides is 4. The molecular formula is C41H64Cl4IN4NaO13S2. The maximum atomic E-state index is 13.0. The van der Waals surface area contributed by atoms with Crippen molar-refractivity contribution in [1.82, 2.24) is 19.6 Å². The summed E-state index contributed by atoms with van der Waals surface area (Å²) in [5, 5.41) is 21.1. The van der Waals surface area contributed by atoms with Crippen molar-refractivity contribution in [2.75, 3.05) is 47.9 Å². The molecule has 0 fully saturated rings. The van der Waals surface area contributed by atoms with Crippen LogP contribution in [0.25, 0.3) is 0 Å². The van der Waals surface area contributed by atoms with E-state index in [0.717, 1.165) is 0 Å². The minimum atomic E-state index is -5.94. The van der Waals surface area contributed by atoms with Crippen molar-refractivity contribution in [3.8, 4) is 0 Å². The second kappa shape index (κ2) is 31.3. The minimum absolute atomic E-state index is 0. The third kappa shape index (κ3) is 24.2. The Hall–Kier alpha value is -1.06. The molecule has 0 aliphatic carbocycles. The molecule has 0 aromatic heterocycles. The Kier molecular flexibility index (Phi) is 33.9. The number of aliphatic hydroxyl groups is 2. The van der Waals surface area contributed by atoms with E-state index in [4.69, 9.17) is 69.6 Å². The summed E-state index contributed by atoms with van der Waals surface area (Å²) in [6.45, 7) is 13.6. The largest absolute Gasteiger partial charge is 1.00 e. The number of benzene rings is 2. The molecule has 0 saturated heterocycles. The molecule has 0 bridgehead atoms. The number of ether oxygens (including phenoxy) is 2. The Balaban J connectivity index is -0.000000507. The Bertz CT molecular complexity index is 1860. The number of halogens is 5. The smallest absolute Gasteiger partial charge is 0.444 e. The van der Waals surface area contributed by atoms with Gasteiger partial charge in [-0.25, -0.2) is 9.59 Å². The number of hydrogen-bond acceptors (Lipinski definition) is 13. The quantitative estimate of drug-likeness (QED) is 0.108. The van der Waals surface area contributed by atoms with Gasteiger partial charge < -0.3 is 34.3 Å².